The van der Waals surface area contributed by atoms with E-state index in [1.165, 1.54) is 18.4 Å². The first-order valence-corrected chi connectivity index (χ1v) is 8.87. The number of ether oxygens (including phenoxy) is 1. The number of hydrogen-bond donors (Lipinski definition) is 1. The third-order valence-electron chi connectivity index (χ3n) is 4.71. The zero-order valence-corrected chi connectivity index (χ0v) is 15.0. The Balaban J connectivity index is 1.59. The van der Waals surface area contributed by atoms with Crippen LogP contribution in [-0.4, -0.2) is 36.9 Å². The van der Waals surface area contributed by atoms with E-state index in [-0.39, 0.29) is 5.78 Å². The second kappa shape index (κ2) is 8.17. The van der Waals surface area contributed by atoms with Crippen molar-refractivity contribution in [2.24, 2.45) is 0 Å². The van der Waals surface area contributed by atoms with Crippen molar-refractivity contribution >= 4 is 11.5 Å². The largest absolute Gasteiger partial charge is 0.497 e. The molecule has 4 heteroatoms. The van der Waals surface area contributed by atoms with E-state index in [1.54, 1.807) is 14.0 Å². The number of carbonyl (C=O) groups excluding carboxylic acids is 1. The Labute approximate surface area is 149 Å². The van der Waals surface area contributed by atoms with Gasteiger partial charge in [-0.05, 0) is 62.2 Å². The number of anilines is 1. The van der Waals surface area contributed by atoms with Crippen LogP contribution in [0.4, 0.5) is 5.69 Å². The summed E-state index contributed by atoms with van der Waals surface area (Å²) in [5.74, 6) is 1.00. The molecule has 0 amide bonds. The van der Waals surface area contributed by atoms with Gasteiger partial charge in [0.15, 0.2) is 5.78 Å². The number of carbonyl (C=O) groups is 1. The van der Waals surface area contributed by atoms with Crippen molar-refractivity contribution < 1.29 is 9.53 Å². The molecule has 25 heavy (non-hydrogen) atoms. The minimum atomic E-state index is 0.125. The summed E-state index contributed by atoms with van der Waals surface area (Å²) in [5.41, 5.74) is 3.13. The van der Waals surface area contributed by atoms with Crippen LogP contribution >= 0.6 is 0 Å². The second-order valence-corrected chi connectivity index (χ2v) is 6.70. The van der Waals surface area contributed by atoms with E-state index >= 15 is 0 Å². The zero-order chi connectivity index (χ0) is 17.6. The van der Waals surface area contributed by atoms with Gasteiger partial charge in [-0.2, -0.15) is 0 Å². The molecule has 0 aliphatic carbocycles. The number of rotatable bonds is 6. The zero-order valence-electron chi connectivity index (χ0n) is 15.0. The number of methoxy groups -OCH3 is 1. The highest BCUT2D eigenvalue weighted by Gasteiger charge is 2.20. The molecule has 3 rings (SSSR count). The number of nitrogens with zero attached hydrogens (tertiary/aromatic N) is 1. The van der Waals surface area contributed by atoms with Crippen LogP contribution in [0, 0.1) is 0 Å². The Kier molecular flexibility index (Phi) is 5.71. The van der Waals surface area contributed by atoms with Crippen LogP contribution in [0.25, 0.3) is 0 Å². The van der Waals surface area contributed by atoms with Crippen LogP contribution in [0.1, 0.15) is 35.7 Å². The van der Waals surface area contributed by atoms with Gasteiger partial charge < -0.3 is 10.1 Å². The molecule has 0 spiro atoms. The minimum Gasteiger partial charge on any atom is -0.497 e. The normalized spacial score (nSPS) is 17.9. The monoisotopic (exact) mass is 338 g/mol. The van der Waals surface area contributed by atoms with Gasteiger partial charge in [-0.3, -0.25) is 9.69 Å². The maximum absolute atomic E-state index is 11.6. The lowest BCUT2D eigenvalue weighted by Gasteiger charge is -2.33. The van der Waals surface area contributed by atoms with Gasteiger partial charge >= 0.3 is 0 Å². The molecule has 1 fully saturated rings. The van der Waals surface area contributed by atoms with Crippen molar-refractivity contribution in [3.8, 4) is 5.75 Å². The summed E-state index contributed by atoms with van der Waals surface area (Å²) in [4.78, 5) is 14.0. The van der Waals surface area contributed by atoms with E-state index in [1.807, 2.05) is 30.3 Å². The lowest BCUT2D eigenvalue weighted by atomic mass is 10.0. The van der Waals surface area contributed by atoms with Crippen molar-refractivity contribution in [3.05, 3.63) is 59.7 Å². The summed E-state index contributed by atoms with van der Waals surface area (Å²) >= 11 is 0. The van der Waals surface area contributed by atoms with Crippen molar-refractivity contribution in [1.82, 2.24) is 4.90 Å². The molecule has 0 saturated carbocycles. The molecule has 1 N–H and O–H groups in total. The van der Waals surface area contributed by atoms with Crippen LogP contribution in [-0.2, 0) is 6.54 Å². The van der Waals surface area contributed by atoms with Gasteiger partial charge in [-0.25, -0.2) is 0 Å². The molecule has 132 valence electrons. The van der Waals surface area contributed by atoms with E-state index in [0.717, 1.165) is 36.6 Å². The summed E-state index contributed by atoms with van der Waals surface area (Å²) in [6, 6.07) is 16.5. The van der Waals surface area contributed by atoms with E-state index in [0.29, 0.717) is 6.04 Å². The average molecular weight is 338 g/mol. The molecule has 2 aromatic carbocycles. The standard InChI is InChI=1S/C21H26N2O2/c1-16(24)18-6-3-5-17(13-18)14-23-12-4-7-20(15-23)22-19-8-10-21(25-2)11-9-19/h3,5-6,8-11,13,20,22H,4,7,12,14-15H2,1-2H3/t20-/m0/s1. The van der Waals surface area contributed by atoms with Crippen molar-refractivity contribution in [2.45, 2.75) is 32.4 Å². The van der Waals surface area contributed by atoms with Gasteiger partial charge in [0.25, 0.3) is 0 Å². The van der Waals surface area contributed by atoms with Gasteiger partial charge in [-0.15, -0.1) is 0 Å². The number of nitrogens with one attached hydrogen (secondary N) is 1. The number of benzene rings is 2. The fourth-order valence-electron chi connectivity index (χ4n) is 3.39. The van der Waals surface area contributed by atoms with Gasteiger partial charge in [0.1, 0.15) is 5.75 Å². The minimum absolute atomic E-state index is 0.125. The van der Waals surface area contributed by atoms with Crippen molar-refractivity contribution in [1.29, 1.82) is 0 Å². The maximum atomic E-state index is 11.6. The van der Waals surface area contributed by atoms with Gasteiger partial charge in [-0.1, -0.05) is 18.2 Å². The highest BCUT2D eigenvalue weighted by Crippen LogP contribution is 2.20. The van der Waals surface area contributed by atoms with Crippen molar-refractivity contribution in [2.75, 3.05) is 25.5 Å². The molecular formula is C21H26N2O2. The van der Waals surface area contributed by atoms with E-state index in [4.69, 9.17) is 4.74 Å². The number of likely N-dealkylation sites (tertiary alicyclic amines) is 1. The SMILES string of the molecule is COc1ccc(N[C@H]2CCCN(Cc3cccc(C(C)=O)c3)C2)cc1. The molecule has 1 saturated heterocycles. The lowest BCUT2D eigenvalue weighted by molar-refractivity contribution is 0.101. The topological polar surface area (TPSA) is 41.6 Å². The number of piperidine rings is 1. The number of Topliss-reactive ketones (excluding diaryl/α,β-unsaturated/α-hetero) is 1. The summed E-state index contributed by atoms with van der Waals surface area (Å²) in [5, 5.41) is 3.63. The molecule has 1 aliphatic rings. The Hall–Kier alpha value is -2.33. The van der Waals surface area contributed by atoms with Gasteiger partial charge in [0.05, 0.1) is 7.11 Å². The summed E-state index contributed by atoms with van der Waals surface area (Å²) < 4.78 is 5.21. The molecule has 0 unspecified atom stereocenters. The quantitative estimate of drug-likeness (QED) is 0.809. The highest BCUT2D eigenvalue weighted by molar-refractivity contribution is 5.94. The second-order valence-electron chi connectivity index (χ2n) is 6.70. The van der Waals surface area contributed by atoms with Crippen molar-refractivity contribution in [3.63, 3.8) is 0 Å². The Morgan fingerprint density at radius 2 is 2.04 bits per heavy atom. The smallest absolute Gasteiger partial charge is 0.159 e. The van der Waals surface area contributed by atoms with Crippen LogP contribution in [0.3, 0.4) is 0 Å². The molecular weight excluding hydrogens is 312 g/mol. The fraction of sp³-hybridized carbons (Fsp3) is 0.381. The van der Waals surface area contributed by atoms with Crippen LogP contribution in [0.15, 0.2) is 48.5 Å². The molecule has 2 aromatic rings. The van der Waals surface area contributed by atoms with Gasteiger partial charge in [0, 0.05) is 30.4 Å². The molecule has 0 bridgehead atoms. The third kappa shape index (κ3) is 4.83. The summed E-state index contributed by atoms with van der Waals surface area (Å²) in [6.45, 7) is 4.62. The first-order valence-electron chi connectivity index (χ1n) is 8.87. The number of hydrogen-bond acceptors (Lipinski definition) is 4. The molecule has 0 radical (unpaired) electrons. The predicted octanol–water partition coefficient (Wildman–Crippen LogP) is 3.97. The summed E-state index contributed by atoms with van der Waals surface area (Å²) in [6.07, 6.45) is 2.36. The first-order chi connectivity index (χ1) is 12.1. The Morgan fingerprint density at radius 3 is 2.76 bits per heavy atom. The Morgan fingerprint density at radius 1 is 1.24 bits per heavy atom. The number of ketones is 1. The first kappa shape index (κ1) is 17.5. The van der Waals surface area contributed by atoms with Crippen LogP contribution in [0.5, 0.6) is 5.75 Å². The van der Waals surface area contributed by atoms with E-state index in [2.05, 4.69) is 28.4 Å². The maximum Gasteiger partial charge on any atom is 0.159 e. The molecule has 0 aromatic heterocycles. The molecule has 1 heterocycles. The lowest BCUT2D eigenvalue weighted by Crippen LogP contribution is -2.41. The van der Waals surface area contributed by atoms with E-state index < -0.39 is 0 Å². The van der Waals surface area contributed by atoms with E-state index in [9.17, 15) is 4.79 Å². The predicted molar refractivity (Wildman–Crippen MR) is 101 cm³/mol. The third-order valence-corrected chi connectivity index (χ3v) is 4.71. The van der Waals surface area contributed by atoms with Crippen LogP contribution in [0.2, 0.25) is 0 Å². The molecule has 1 aliphatic heterocycles. The van der Waals surface area contributed by atoms with Gasteiger partial charge in [0.2, 0.25) is 0 Å². The average Bonchev–Trinajstić information content (AvgIpc) is 2.63. The van der Waals surface area contributed by atoms with Crippen LogP contribution < -0.4 is 10.1 Å². The fourth-order valence-corrected chi connectivity index (χ4v) is 3.39. The molecule has 4 nitrogen and oxygen atoms in total. The summed E-state index contributed by atoms with van der Waals surface area (Å²) in [7, 11) is 1.68. The Bertz CT molecular complexity index is 712. The highest BCUT2D eigenvalue weighted by atomic mass is 16.5. The molecule has 1 atom stereocenters.